The number of Topliss-reactive ketones (excluding diaryl/α,β-unsaturated/α-hetero) is 1. The van der Waals surface area contributed by atoms with Gasteiger partial charge in [-0.3, -0.25) is 14.5 Å². The minimum Gasteiger partial charge on any atom is -0.507 e. The first-order chi connectivity index (χ1) is 19.9. The van der Waals surface area contributed by atoms with E-state index in [1.54, 1.807) is 41.9 Å². The topological polar surface area (TPSA) is 98.2 Å². The zero-order chi connectivity index (χ0) is 28.5. The molecule has 4 aromatic rings. The van der Waals surface area contributed by atoms with E-state index >= 15 is 0 Å². The summed E-state index contributed by atoms with van der Waals surface area (Å²) in [5, 5.41) is 13.6. The molecule has 1 fully saturated rings. The number of rotatable bonds is 8. The quantitative estimate of drug-likeness (QED) is 0.157. The smallest absolute Gasteiger partial charge is 0.301 e. The Hall–Kier alpha value is -4.63. The molecule has 3 aromatic carbocycles. The van der Waals surface area contributed by atoms with Crippen LogP contribution in [0.1, 0.15) is 42.1 Å². The Balaban J connectivity index is 1.44. The Labute approximate surface area is 241 Å². The summed E-state index contributed by atoms with van der Waals surface area (Å²) < 4.78 is 17.8. The zero-order valence-electron chi connectivity index (χ0n) is 22.6. The van der Waals surface area contributed by atoms with E-state index in [4.69, 9.17) is 14.2 Å². The van der Waals surface area contributed by atoms with Gasteiger partial charge < -0.3 is 19.3 Å². The highest BCUT2D eigenvalue weighted by Gasteiger charge is 2.48. The molecule has 0 aliphatic carbocycles. The highest BCUT2D eigenvalue weighted by molar-refractivity contribution is 7.14. The van der Waals surface area contributed by atoms with Gasteiger partial charge >= 0.3 is 5.91 Å². The lowest BCUT2D eigenvalue weighted by molar-refractivity contribution is -0.132. The highest BCUT2D eigenvalue weighted by atomic mass is 32.1. The summed E-state index contributed by atoms with van der Waals surface area (Å²) in [7, 11) is 0. The summed E-state index contributed by atoms with van der Waals surface area (Å²) in [4.78, 5) is 32.6. The van der Waals surface area contributed by atoms with Crippen molar-refractivity contribution in [2.24, 2.45) is 0 Å². The molecular formula is C32H28N2O6S. The second kappa shape index (κ2) is 11.1. The lowest BCUT2D eigenvalue weighted by atomic mass is 9.94. The van der Waals surface area contributed by atoms with Gasteiger partial charge in [0.2, 0.25) is 0 Å². The van der Waals surface area contributed by atoms with Gasteiger partial charge in [0.15, 0.2) is 16.6 Å². The number of aliphatic hydroxyl groups excluding tert-OH is 1. The molecule has 1 amide bonds. The number of aliphatic hydroxyl groups is 1. The summed E-state index contributed by atoms with van der Waals surface area (Å²) in [5.74, 6) is -0.0479. The second-order valence-electron chi connectivity index (χ2n) is 9.85. The Morgan fingerprint density at radius 2 is 1.90 bits per heavy atom. The van der Waals surface area contributed by atoms with Gasteiger partial charge in [-0.1, -0.05) is 36.4 Å². The van der Waals surface area contributed by atoms with Gasteiger partial charge in [0.25, 0.3) is 5.78 Å². The SMILES string of the molecule is CCOc1cc([C@H]2C(=C(O)c3ccc4c(c3)C[C@H](C)O4)C(=O)C(=O)N2c2nccs2)ccc1OCc1ccccc1. The molecule has 0 radical (unpaired) electrons. The van der Waals surface area contributed by atoms with Crippen molar-refractivity contribution < 1.29 is 28.9 Å². The largest absolute Gasteiger partial charge is 0.507 e. The third-order valence-electron chi connectivity index (χ3n) is 7.06. The van der Waals surface area contributed by atoms with Crippen LogP contribution < -0.4 is 19.1 Å². The average molecular weight is 569 g/mol. The minimum atomic E-state index is -0.924. The molecule has 8 nitrogen and oxygen atoms in total. The Morgan fingerprint density at radius 3 is 2.66 bits per heavy atom. The van der Waals surface area contributed by atoms with E-state index in [1.807, 2.05) is 50.2 Å². The van der Waals surface area contributed by atoms with Crippen molar-refractivity contribution in [1.29, 1.82) is 0 Å². The molecule has 2 aliphatic heterocycles. The first-order valence-electron chi connectivity index (χ1n) is 13.4. The number of anilines is 1. The lowest BCUT2D eigenvalue weighted by Crippen LogP contribution is -2.29. The lowest BCUT2D eigenvalue weighted by Gasteiger charge is -2.24. The fourth-order valence-corrected chi connectivity index (χ4v) is 5.89. The number of benzene rings is 3. The fourth-order valence-electron chi connectivity index (χ4n) is 5.22. The molecule has 1 saturated heterocycles. The number of fused-ring (bicyclic) bond motifs is 1. The molecule has 0 saturated carbocycles. The number of hydrogen-bond donors (Lipinski definition) is 1. The average Bonchev–Trinajstić information content (AvgIpc) is 3.70. The molecular weight excluding hydrogens is 540 g/mol. The molecule has 41 heavy (non-hydrogen) atoms. The highest BCUT2D eigenvalue weighted by Crippen LogP contribution is 2.45. The maximum Gasteiger partial charge on any atom is 0.301 e. The van der Waals surface area contributed by atoms with Crippen molar-refractivity contribution in [2.75, 3.05) is 11.5 Å². The number of ketones is 1. The van der Waals surface area contributed by atoms with E-state index in [0.717, 1.165) is 16.9 Å². The van der Waals surface area contributed by atoms with Crippen LogP contribution in [0.4, 0.5) is 5.13 Å². The van der Waals surface area contributed by atoms with E-state index in [0.29, 0.717) is 47.4 Å². The summed E-state index contributed by atoms with van der Waals surface area (Å²) in [6.07, 6.45) is 2.29. The van der Waals surface area contributed by atoms with Crippen molar-refractivity contribution in [1.82, 2.24) is 4.98 Å². The van der Waals surface area contributed by atoms with Crippen molar-refractivity contribution >= 4 is 33.9 Å². The van der Waals surface area contributed by atoms with Gasteiger partial charge in [0, 0.05) is 23.6 Å². The standard InChI is InChI=1S/C32H28N2O6S/c1-3-38-26-17-21(9-12-25(26)39-18-20-7-5-4-6-8-20)28-27(30(36)31(37)34(28)32-33-13-14-41-32)29(35)22-10-11-24-23(16-22)15-19(2)40-24/h4-14,16-17,19,28,35H,3,15,18H2,1-2H3/t19-,28-/m0/s1. The number of thiazole rings is 1. The van der Waals surface area contributed by atoms with Crippen LogP contribution in [0.5, 0.6) is 17.2 Å². The van der Waals surface area contributed by atoms with Gasteiger partial charge in [-0.25, -0.2) is 4.98 Å². The molecule has 6 rings (SSSR count). The van der Waals surface area contributed by atoms with Gasteiger partial charge in [-0.05, 0) is 60.9 Å². The van der Waals surface area contributed by atoms with Crippen LogP contribution in [0.25, 0.3) is 5.76 Å². The number of amides is 1. The first-order valence-corrected chi connectivity index (χ1v) is 14.3. The molecule has 0 unspecified atom stereocenters. The Morgan fingerprint density at radius 1 is 1.07 bits per heavy atom. The zero-order valence-corrected chi connectivity index (χ0v) is 23.4. The number of carbonyl (C=O) groups excluding carboxylic acids is 2. The van der Waals surface area contributed by atoms with Gasteiger partial charge in [0.1, 0.15) is 24.2 Å². The van der Waals surface area contributed by atoms with E-state index in [-0.39, 0.29) is 17.4 Å². The van der Waals surface area contributed by atoms with Crippen LogP contribution in [-0.2, 0) is 22.6 Å². The maximum absolute atomic E-state index is 13.5. The maximum atomic E-state index is 13.5. The third-order valence-corrected chi connectivity index (χ3v) is 7.83. The number of ether oxygens (including phenoxy) is 3. The molecule has 9 heteroatoms. The molecule has 0 bridgehead atoms. The Kier molecular flexibility index (Phi) is 7.19. The molecule has 2 atom stereocenters. The predicted octanol–water partition coefficient (Wildman–Crippen LogP) is 6.07. The molecule has 208 valence electrons. The monoisotopic (exact) mass is 568 g/mol. The van der Waals surface area contributed by atoms with E-state index < -0.39 is 17.7 Å². The van der Waals surface area contributed by atoms with E-state index in [9.17, 15) is 14.7 Å². The summed E-state index contributed by atoms with van der Waals surface area (Å²) in [6, 6.07) is 19.5. The van der Waals surface area contributed by atoms with Crippen molar-refractivity contribution in [3.8, 4) is 17.2 Å². The van der Waals surface area contributed by atoms with E-state index in [2.05, 4.69) is 4.98 Å². The van der Waals surface area contributed by atoms with Crippen LogP contribution >= 0.6 is 11.3 Å². The Bertz CT molecular complexity index is 1630. The second-order valence-corrected chi connectivity index (χ2v) is 10.7. The summed E-state index contributed by atoms with van der Waals surface area (Å²) >= 11 is 1.24. The van der Waals surface area contributed by atoms with Crippen molar-refractivity contribution in [2.45, 2.75) is 39.0 Å². The van der Waals surface area contributed by atoms with Crippen LogP contribution in [0.15, 0.2) is 83.9 Å². The van der Waals surface area contributed by atoms with Crippen molar-refractivity contribution in [3.63, 3.8) is 0 Å². The first kappa shape index (κ1) is 26.6. The molecule has 1 aromatic heterocycles. The molecule has 0 spiro atoms. The number of hydrogen-bond acceptors (Lipinski definition) is 8. The van der Waals surface area contributed by atoms with Crippen LogP contribution in [-0.4, -0.2) is 34.5 Å². The minimum absolute atomic E-state index is 0.0162. The molecule has 3 heterocycles. The summed E-state index contributed by atoms with van der Waals surface area (Å²) in [6.45, 7) is 4.57. The number of nitrogens with zero attached hydrogens (tertiary/aromatic N) is 2. The van der Waals surface area contributed by atoms with Gasteiger partial charge in [-0.2, -0.15) is 0 Å². The predicted molar refractivity (Wildman–Crippen MR) is 156 cm³/mol. The van der Waals surface area contributed by atoms with Crippen molar-refractivity contribution in [3.05, 3.63) is 106 Å². The molecule has 2 aliphatic rings. The number of aromatic nitrogens is 1. The third kappa shape index (κ3) is 5.04. The fraction of sp³-hybridized carbons (Fsp3) is 0.219. The van der Waals surface area contributed by atoms with Gasteiger partial charge in [-0.15, -0.1) is 11.3 Å². The van der Waals surface area contributed by atoms with Crippen LogP contribution in [0.2, 0.25) is 0 Å². The van der Waals surface area contributed by atoms with E-state index in [1.165, 1.54) is 16.2 Å². The van der Waals surface area contributed by atoms with Crippen LogP contribution in [0.3, 0.4) is 0 Å². The number of carbonyl (C=O) groups is 2. The normalized spacial score (nSPS) is 19.2. The molecule has 1 N–H and O–H groups in total. The van der Waals surface area contributed by atoms with Gasteiger partial charge in [0.05, 0.1) is 18.2 Å². The van der Waals surface area contributed by atoms with Crippen LogP contribution in [0, 0.1) is 0 Å². The summed E-state index contributed by atoms with van der Waals surface area (Å²) in [5.41, 5.74) is 2.94.